The number of esters is 1. The molecule has 0 aromatic heterocycles. The van der Waals surface area contributed by atoms with Crippen LogP contribution in [-0.4, -0.2) is 31.7 Å². The molecule has 1 aromatic carbocycles. The number of rotatable bonds is 5. The number of hydrogen-bond acceptors (Lipinski definition) is 5. The Hall–Kier alpha value is -1.49. The molecular formula is C12H14O4S. The summed E-state index contributed by atoms with van der Waals surface area (Å²) < 4.78 is 9.80. The summed E-state index contributed by atoms with van der Waals surface area (Å²) in [6.45, 7) is 1.84. The lowest BCUT2D eigenvalue weighted by molar-refractivity contribution is -0.137. The van der Waals surface area contributed by atoms with E-state index in [2.05, 4.69) is 4.74 Å². The molecule has 0 atom stereocenters. The van der Waals surface area contributed by atoms with Crippen LogP contribution in [0.25, 0.3) is 0 Å². The number of benzene rings is 1. The molecule has 0 saturated carbocycles. The zero-order valence-corrected chi connectivity index (χ0v) is 10.8. The van der Waals surface area contributed by atoms with Crippen molar-refractivity contribution >= 4 is 23.5 Å². The number of Topliss-reactive ketones (excluding diaryl/α,β-unsaturated/α-hetero) is 1. The monoisotopic (exact) mass is 254 g/mol. The molecule has 1 rings (SSSR count). The van der Waals surface area contributed by atoms with Crippen molar-refractivity contribution in [2.24, 2.45) is 0 Å². The fourth-order valence-corrected chi connectivity index (χ4v) is 1.84. The van der Waals surface area contributed by atoms with Gasteiger partial charge >= 0.3 is 5.97 Å². The molecule has 0 aliphatic heterocycles. The summed E-state index contributed by atoms with van der Waals surface area (Å²) in [5.74, 6) is -0.920. The van der Waals surface area contributed by atoms with Gasteiger partial charge in [0.1, 0.15) is 5.75 Å². The quantitative estimate of drug-likeness (QED) is 0.349. The van der Waals surface area contributed by atoms with Gasteiger partial charge in [-0.3, -0.25) is 4.79 Å². The van der Waals surface area contributed by atoms with Crippen molar-refractivity contribution in [3.8, 4) is 5.75 Å². The molecule has 4 nitrogen and oxygen atoms in total. The summed E-state index contributed by atoms with van der Waals surface area (Å²) >= 11 is 1.51. The number of hydrogen-bond donors (Lipinski definition) is 0. The first-order valence-electron chi connectivity index (χ1n) is 5.07. The van der Waals surface area contributed by atoms with Crippen molar-refractivity contribution in [3.05, 3.63) is 23.8 Å². The van der Waals surface area contributed by atoms with Crippen molar-refractivity contribution in [1.29, 1.82) is 0 Å². The molecule has 0 unspecified atom stereocenters. The first kappa shape index (κ1) is 13.6. The molecule has 0 heterocycles. The highest BCUT2D eigenvalue weighted by molar-refractivity contribution is 7.98. The maximum atomic E-state index is 11.7. The Balaban J connectivity index is 2.99. The lowest BCUT2D eigenvalue weighted by Gasteiger charge is -2.07. The minimum absolute atomic E-state index is 0.185. The Bertz CT molecular complexity index is 429. The van der Waals surface area contributed by atoms with E-state index in [1.807, 2.05) is 6.26 Å². The van der Waals surface area contributed by atoms with E-state index in [9.17, 15) is 9.59 Å². The minimum Gasteiger partial charge on any atom is -0.496 e. The fraction of sp³-hybridized carbons (Fsp3) is 0.333. The van der Waals surface area contributed by atoms with Crippen LogP contribution < -0.4 is 4.74 Å². The van der Waals surface area contributed by atoms with Crippen LogP contribution in [0, 0.1) is 0 Å². The summed E-state index contributed by atoms with van der Waals surface area (Å²) in [6, 6.07) is 4.88. The second-order valence-corrected chi connectivity index (χ2v) is 3.97. The Kier molecular flexibility index (Phi) is 5.03. The molecule has 0 aliphatic rings. The molecule has 0 saturated heterocycles. The maximum Gasteiger partial charge on any atom is 0.379 e. The summed E-state index contributed by atoms with van der Waals surface area (Å²) in [7, 11) is 1.52. The zero-order chi connectivity index (χ0) is 12.8. The van der Waals surface area contributed by atoms with Gasteiger partial charge < -0.3 is 9.47 Å². The maximum absolute atomic E-state index is 11.7. The van der Waals surface area contributed by atoms with Gasteiger partial charge in [-0.25, -0.2) is 4.79 Å². The molecule has 0 radical (unpaired) electrons. The van der Waals surface area contributed by atoms with E-state index in [-0.39, 0.29) is 12.2 Å². The van der Waals surface area contributed by atoms with Crippen LogP contribution in [0.3, 0.4) is 0 Å². The number of ether oxygens (including phenoxy) is 2. The Morgan fingerprint density at radius 2 is 2.06 bits per heavy atom. The highest BCUT2D eigenvalue weighted by Gasteiger charge is 2.18. The second-order valence-electron chi connectivity index (χ2n) is 3.12. The standard InChI is InChI=1S/C12H14O4S/c1-4-16-12(14)11(13)8-5-6-10(17-3)9(7-8)15-2/h5-7H,4H2,1-3H3. The lowest BCUT2D eigenvalue weighted by atomic mass is 10.1. The summed E-state index contributed by atoms with van der Waals surface area (Å²) in [5, 5.41) is 0. The number of thioether (sulfide) groups is 1. The predicted molar refractivity (Wildman–Crippen MR) is 65.7 cm³/mol. The average molecular weight is 254 g/mol. The molecule has 0 fully saturated rings. The van der Waals surface area contributed by atoms with Gasteiger partial charge in [0.05, 0.1) is 13.7 Å². The Morgan fingerprint density at radius 1 is 1.35 bits per heavy atom. The molecule has 92 valence electrons. The van der Waals surface area contributed by atoms with E-state index < -0.39 is 11.8 Å². The van der Waals surface area contributed by atoms with E-state index in [4.69, 9.17) is 4.74 Å². The van der Waals surface area contributed by atoms with Crippen LogP contribution >= 0.6 is 11.8 Å². The molecule has 5 heteroatoms. The summed E-state index contributed by atoms with van der Waals surface area (Å²) in [6.07, 6.45) is 1.91. The third-order valence-electron chi connectivity index (χ3n) is 2.11. The topological polar surface area (TPSA) is 52.6 Å². The van der Waals surface area contributed by atoms with Gasteiger partial charge in [-0.15, -0.1) is 11.8 Å². The van der Waals surface area contributed by atoms with E-state index in [1.165, 1.54) is 18.9 Å². The van der Waals surface area contributed by atoms with Crippen molar-refractivity contribution in [1.82, 2.24) is 0 Å². The van der Waals surface area contributed by atoms with Crippen molar-refractivity contribution < 1.29 is 19.1 Å². The highest BCUT2D eigenvalue weighted by Crippen LogP contribution is 2.28. The summed E-state index contributed by atoms with van der Waals surface area (Å²) in [4.78, 5) is 23.9. The van der Waals surface area contributed by atoms with Crippen LogP contribution in [0.1, 0.15) is 17.3 Å². The van der Waals surface area contributed by atoms with E-state index >= 15 is 0 Å². The second kappa shape index (κ2) is 6.30. The zero-order valence-electron chi connectivity index (χ0n) is 9.98. The average Bonchev–Trinajstić information content (AvgIpc) is 2.37. The lowest BCUT2D eigenvalue weighted by Crippen LogP contribution is -2.17. The van der Waals surface area contributed by atoms with Crippen LogP contribution in [0.4, 0.5) is 0 Å². The van der Waals surface area contributed by atoms with Crippen molar-refractivity contribution in [2.45, 2.75) is 11.8 Å². The molecule has 1 aromatic rings. The van der Waals surface area contributed by atoms with Gasteiger partial charge in [0.25, 0.3) is 5.78 Å². The molecule has 0 amide bonds. The van der Waals surface area contributed by atoms with Crippen LogP contribution in [-0.2, 0) is 9.53 Å². The van der Waals surface area contributed by atoms with Gasteiger partial charge in [0.15, 0.2) is 0 Å². The van der Waals surface area contributed by atoms with Crippen LogP contribution in [0.5, 0.6) is 5.75 Å². The first-order chi connectivity index (χ1) is 8.13. The number of methoxy groups -OCH3 is 1. The minimum atomic E-state index is -0.841. The molecular weight excluding hydrogens is 240 g/mol. The van der Waals surface area contributed by atoms with E-state index in [0.29, 0.717) is 5.75 Å². The highest BCUT2D eigenvalue weighted by atomic mass is 32.2. The number of carbonyl (C=O) groups excluding carboxylic acids is 2. The van der Waals surface area contributed by atoms with Gasteiger partial charge in [-0.1, -0.05) is 0 Å². The number of carbonyl (C=O) groups is 2. The fourth-order valence-electron chi connectivity index (χ4n) is 1.29. The van der Waals surface area contributed by atoms with Gasteiger partial charge in [0, 0.05) is 10.5 Å². The van der Waals surface area contributed by atoms with Gasteiger partial charge in [0.2, 0.25) is 0 Å². The molecule has 17 heavy (non-hydrogen) atoms. The van der Waals surface area contributed by atoms with Crippen LogP contribution in [0.2, 0.25) is 0 Å². The van der Waals surface area contributed by atoms with E-state index in [1.54, 1.807) is 25.1 Å². The number of ketones is 1. The smallest absolute Gasteiger partial charge is 0.379 e. The third kappa shape index (κ3) is 3.23. The molecule has 0 spiro atoms. The molecule has 0 N–H and O–H groups in total. The van der Waals surface area contributed by atoms with Crippen molar-refractivity contribution in [3.63, 3.8) is 0 Å². The largest absolute Gasteiger partial charge is 0.496 e. The third-order valence-corrected chi connectivity index (χ3v) is 2.88. The SMILES string of the molecule is CCOC(=O)C(=O)c1ccc(SC)c(OC)c1. The normalized spacial score (nSPS) is 9.82. The van der Waals surface area contributed by atoms with Gasteiger partial charge in [-0.2, -0.15) is 0 Å². The summed E-state index contributed by atoms with van der Waals surface area (Å²) in [5.41, 5.74) is 0.276. The van der Waals surface area contributed by atoms with Crippen molar-refractivity contribution in [2.75, 3.05) is 20.0 Å². The molecule has 0 bridgehead atoms. The van der Waals surface area contributed by atoms with Crippen LogP contribution in [0.15, 0.2) is 23.1 Å². The Morgan fingerprint density at radius 3 is 2.59 bits per heavy atom. The molecule has 0 aliphatic carbocycles. The van der Waals surface area contributed by atoms with Gasteiger partial charge in [-0.05, 0) is 31.4 Å². The first-order valence-corrected chi connectivity index (χ1v) is 6.30. The predicted octanol–water partition coefficient (Wildman–Crippen LogP) is 2.16. The Labute approximate surface area is 104 Å². The van der Waals surface area contributed by atoms with E-state index in [0.717, 1.165) is 4.90 Å².